The molecule has 31 heavy (non-hydrogen) atoms. The van der Waals surface area contributed by atoms with Crippen LogP contribution in [0.3, 0.4) is 0 Å². The van der Waals surface area contributed by atoms with Gasteiger partial charge in [-0.2, -0.15) is 5.10 Å². The highest BCUT2D eigenvalue weighted by atomic mass is 35.5. The van der Waals surface area contributed by atoms with Crippen molar-refractivity contribution in [3.05, 3.63) is 76.4 Å². The molecule has 0 aliphatic rings. The Labute approximate surface area is 191 Å². The van der Waals surface area contributed by atoms with Crippen molar-refractivity contribution < 1.29 is 18.3 Å². The summed E-state index contributed by atoms with van der Waals surface area (Å²) >= 11 is 13.7. The molecule has 0 unspecified atom stereocenters. The molecule has 0 spiro atoms. The fraction of sp³-hybridized carbons (Fsp3) is 0. The van der Waals surface area contributed by atoms with Gasteiger partial charge in [-0.15, -0.1) is 11.3 Å². The van der Waals surface area contributed by atoms with Crippen molar-refractivity contribution in [1.82, 2.24) is 9.78 Å². The zero-order chi connectivity index (χ0) is 22.3. The molecule has 0 amide bonds. The molecule has 7 nitrogen and oxygen atoms in total. The standard InChI is InChI=1S/C20H13Cl2N3O4S2/c21-12-4-5-14(22)16(9-12)25-17(10-15(24-25)20(26)27)19-7-6-18(30-19)11-2-1-3-13(8-11)31(23,28)29/h1-10H,(H,26,27)(H2,23,28,29). The maximum Gasteiger partial charge on any atom is 0.356 e. The van der Waals surface area contributed by atoms with Crippen LogP contribution in [0.4, 0.5) is 0 Å². The normalized spacial score (nSPS) is 11.6. The lowest BCUT2D eigenvalue weighted by Gasteiger charge is -2.08. The third kappa shape index (κ3) is 4.36. The van der Waals surface area contributed by atoms with Crippen LogP contribution in [0.25, 0.3) is 26.7 Å². The number of nitrogens with two attached hydrogens (primary N) is 1. The highest BCUT2D eigenvalue weighted by molar-refractivity contribution is 7.89. The molecule has 4 aromatic rings. The number of nitrogens with zero attached hydrogens (tertiary/aromatic N) is 2. The van der Waals surface area contributed by atoms with Crippen molar-refractivity contribution in [3.8, 4) is 26.7 Å². The molecular formula is C20H13Cl2N3O4S2. The first-order chi connectivity index (χ1) is 14.6. The van der Waals surface area contributed by atoms with Gasteiger partial charge in [0.2, 0.25) is 10.0 Å². The molecule has 158 valence electrons. The molecule has 2 heterocycles. The van der Waals surface area contributed by atoms with Gasteiger partial charge >= 0.3 is 5.97 Å². The number of rotatable bonds is 5. The van der Waals surface area contributed by atoms with Crippen molar-refractivity contribution in [3.63, 3.8) is 0 Å². The maximum absolute atomic E-state index is 11.7. The van der Waals surface area contributed by atoms with E-state index in [9.17, 15) is 18.3 Å². The topological polar surface area (TPSA) is 115 Å². The zero-order valence-corrected chi connectivity index (χ0v) is 18.6. The van der Waals surface area contributed by atoms with E-state index >= 15 is 0 Å². The number of carboxylic acid groups (broad SMARTS) is 1. The minimum Gasteiger partial charge on any atom is -0.476 e. The number of carboxylic acids is 1. The van der Waals surface area contributed by atoms with Crippen LogP contribution in [0.15, 0.2) is 65.6 Å². The summed E-state index contributed by atoms with van der Waals surface area (Å²) in [7, 11) is -3.84. The number of carbonyl (C=O) groups is 1. The SMILES string of the molecule is NS(=O)(=O)c1cccc(-c2ccc(-c3cc(C(=O)O)nn3-c3cc(Cl)ccc3Cl)s2)c1. The van der Waals surface area contributed by atoms with Gasteiger partial charge < -0.3 is 5.11 Å². The molecule has 4 rings (SSSR count). The predicted molar refractivity (Wildman–Crippen MR) is 121 cm³/mol. The Morgan fingerprint density at radius 3 is 2.48 bits per heavy atom. The quantitative estimate of drug-likeness (QED) is 0.409. The Morgan fingerprint density at radius 1 is 1.03 bits per heavy atom. The summed E-state index contributed by atoms with van der Waals surface area (Å²) in [6.45, 7) is 0. The molecule has 0 saturated heterocycles. The van der Waals surface area contributed by atoms with E-state index in [1.807, 2.05) is 0 Å². The number of aromatic nitrogens is 2. The molecule has 0 fully saturated rings. The predicted octanol–water partition coefficient (Wildman–Crippen LogP) is 4.92. The first-order valence-electron chi connectivity index (χ1n) is 8.66. The van der Waals surface area contributed by atoms with Gasteiger partial charge in [0.1, 0.15) is 0 Å². The monoisotopic (exact) mass is 493 g/mol. The number of sulfonamides is 1. The lowest BCUT2D eigenvalue weighted by molar-refractivity contribution is 0.0690. The van der Waals surface area contributed by atoms with Crippen molar-refractivity contribution in [2.45, 2.75) is 4.90 Å². The molecule has 2 aromatic carbocycles. The van der Waals surface area contributed by atoms with Crippen LogP contribution in [0, 0.1) is 0 Å². The van der Waals surface area contributed by atoms with Crippen LogP contribution in [-0.4, -0.2) is 29.3 Å². The number of benzene rings is 2. The second-order valence-corrected chi connectivity index (χ2v) is 9.95. The summed E-state index contributed by atoms with van der Waals surface area (Å²) in [4.78, 5) is 13.0. The smallest absolute Gasteiger partial charge is 0.356 e. The van der Waals surface area contributed by atoms with E-state index in [4.69, 9.17) is 28.3 Å². The summed E-state index contributed by atoms with van der Waals surface area (Å²) in [5.41, 5.74) is 1.44. The van der Waals surface area contributed by atoms with Crippen molar-refractivity contribution >= 4 is 50.5 Å². The number of hydrogen-bond acceptors (Lipinski definition) is 5. The van der Waals surface area contributed by atoms with Crippen LogP contribution in [0.2, 0.25) is 10.0 Å². The fourth-order valence-corrected chi connectivity index (χ4v) is 4.88. The van der Waals surface area contributed by atoms with Gasteiger partial charge in [0.15, 0.2) is 5.69 Å². The van der Waals surface area contributed by atoms with Crippen molar-refractivity contribution in [2.24, 2.45) is 5.14 Å². The summed E-state index contributed by atoms with van der Waals surface area (Å²) < 4.78 is 24.7. The van der Waals surface area contributed by atoms with Crippen LogP contribution in [0.1, 0.15) is 10.5 Å². The molecule has 11 heteroatoms. The van der Waals surface area contributed by atoms with E-state index in [0.717, 1.165) is 4.88 Å². The van der Waals surface area contributed by atoms with E-state index in [0.29, 0.717) is 31.9 Å². The van der Waals surface area contributed by atoms with Crippen LogP contribution in [-0.2, 0) is 10.0 Å². The average Bonchev–Trinajstić information content (AvgIpc) is 3.36. The first-order valence-corrected chi connectivity index (χ1v) is 11.8. The molecular weight excluding hydrogens is 481 g/mol. The Hall–Kier alpha value is -2.69. The average molecular weight is 494 g/mol. The first kappa shape index (κ1) is 21.5. The van der Waals surface area contributed by atoms with Gasteiger partial charge in [-0.25, -0.2) is 23.0 Å². The second kappa shape index (κ2) is 8.10. The zero-order valence-electron chi connectivity index (χ0n) is 15.5. The molecule has 0 aliphatic carbocycles. The number of primary sulfonamides is 1. The number of halogens is 2. The third-order valence-corrected chi connectivity index (χ3v) is 6.99. The minimum atomic E-state index is -3.84. The second-order valence-electron chi connectivity index (χ2n) is 6.46. The Bertz CT molecular complexity index is 1430. The number of hydrogen-bond donors (Lipinski definition) is 2. The number of aromatic carboxylic acids is 1. The van der Waals surface area contributed by atoms with E-state index < -0.39 is 16.0 Å². The highest BCUT2D eigenvalue weighted by Gasteiger charge is 2.20. The Morgan fingerprint density at radius 2 is 1.77 bits per heavy atom. The van der Waals surface area contributed by atoms with Gasteiger partial charge in [-0.05, 0) is 48.0 Å². The number of thiophene rings is 1. The van der Waals surface area contributed by atoms with Gasteiger partial charge in [0.05, 0.1) is 26.2 Å². The lowest BCUT2D eigenvalue weighted by Crippen LogP contribution is -2.11. The van der Waals surface area contributed by atoms with E-state index in [1.54, 1.807) is 42.5 Å². The van der Waals surface area contributed by atoms with E-state index in [1.165, 1.54) is 34.2 Å². The van der Waals surface area contributed by atoms with Gasteiger partial charge in [-0.3, -0.25) is 0 Å². The molecule has 0 aliphatic heterocycles. The molecule has 3 N–H and O–H groups in total. The van der Waals surface area contributed by atoms with Gasteiger partial charge in [-0.1, -0.05) is 35.3 Å². The van der Waals surface area contributed by atoms with Crippen molar-refractivity contribution in [1.29, 1.82) is 0 Å². The van der Waals surface area contributed by atoms with Crippen molar-refractivity contribution in [2.75, 3.05) is 0 Å². The highest BCUT2D eigenvalue weighted by Crippen LogP contribution is 2.37. The summed E-state index contributed by atoms with van der Waals surface area (Å²) in [5.74, 6) is -1.18. The largest absolute Gasteiger partial charge is 0.476 e. The van der Waals surface area contributed by atoms with Crippen LogP contribution >= 0.6 is 34.5 Å². The molecule has 2 aromatic heterocycles. The van der Waals surface area contributed by atoms with E-state index in [2.05, 4.69) is 5.10 Å². The van der Waals surface area contributed by atoms with Gasteiger partial charge in [0.25, 0.3) is 0 Å². The summed E-state index contributed by atoms with van der Waals surface area (Å²) in [5, 5.41) is 19.6. The molecule has 0 radical (unpaired) electrons. The Kier molecular flexibility index (Phi) is 5.63. The van der Waals surface area contributed by atoms with E-state index in [-0.39, 0.29) is 10.6 Å². The Balaban J connectivity index is 1.84. The molecule has 0 saturated carbocycles. The lowest BCUT2D eigenvalue weighted by atomic mass is 10.2. The minimum absolute atomic E-state index is 0.00358. The maximum atomic E-state index is 11.7. The third-order valence-electron chi connectivity index (χ3n) is 4.37. The fourth-order valence-electron chi connectivity index (χ4n) is 2.95. The van der Waals surface area contributed by atoms with Gasteiger partial charge in [0, 0.05) is 16.0 Å². The summed E-state index contributed by atoms with van der Waals surface area (Å²) in [6, 6.07) is 16.1. The van der Waals surface area contributed by atoms with Crippen LogP contribution < -0.4 is 5.14 Å². The molecule has 0 atom stereocenters. The molecule has 0 bridgehead atoms. The summed E-state index contributed by atoms with van der Waals surface area (Å²) in [6.07, 6.45) is 0. The van der Waals surface area contributed by atoms with Crippen LogP contribution in [0.5, 0.6) is 0 Å².